The Balaban J connectivity index is 2.02. The van der Waals surface area contributed by atoms with Gasteiger partial charge in [0.2, 0.25) is 0 Å². The molecule has 2 aromatic carbocycles. The lowest BCUT2D eigenvalue weighted by Crippen LogP contribution is -1.98. The number of rotatable bonds is 3. The standard InChI is InChI=1S/C16H11Cl2FO/c17-9-1-2-12-3-6-15(7-4-12)20-11-13-10-14(18)5-8-16(13)19/h3-8,10H,9,11H2. The van der Waals surface area contributed by atoms with Crippen molar-refractivity contribution in [2.24, 2.45) is 0 Å². The Morgan fingerprint density at radius 3 is 2.55 bits per heavy atom. The Bertz CT molecular complexity index is 642. The highest BCUT2D eigenvalue weighted by atomic mass is 35.5. The molecule has 0 aliphatic rings. The molecule has 102 valence electrons. The highest BCUT2D eigenvalue weighted by Gasteiger charge is 2.04. The molecule has 0 saturated carbocycles. The van der Waals surface area contributed by atoms with Crippen LogP contribution in [0.25, 0.3) is 0 Å². The van der Waals surface area contributed by atoms with Crippen molar-refractivity contribution in [3.63, 3.8) is 0 Å². The molecule has 0 amide bonds. The molecule has 0 aliphatic heterocycles. The monoisotopic (exact) mass is 308 g/mol. The van der Waals surface area contributed by atoms with E-state index in [0.29, 0.717) is 22.2 Å². The van der Waals surface area contributed by atoms with Crippen LogP contribution in [0.2, 0.25) is 5.02 Å². The van der Waals surface area contributed by atoms with Gasteiger partial charge in [0.1, 0.15) is 18.2 Å². The van der Waals surface area contributed by atoms with Gasteiger partial charge in [-0.05, 0) is 42.5 Å². The molecule has 0 N–H and O–H groups in total. The Kier molecular flexibility index (Phi) is 5.29. The molecule has 1 nitrogen and oxygen atoms in total. The second kappa shape index (κ2) is 7.19. The van der Waals surface area contributed by atoms with Crippen LogP contribution in [0, 0.1) is 17.7 Å². The molecular formula is C16H11Cl2FO. The average molecular weight is 309 g/mol. The van der Waals surface area contributed by atoms with Gasteiger partial charge >= 0.3 is 0 Å². The summed E-state index contributed by atoms with van der Waals surface area (Å²) in [6, 6.07) is 11.6. The quantitative estimate of drug-likeness (QED) is 0.592. The van der Waals surface area contributed by atoms with Crippen LogP contribution in [0.5, 0.6) is 5.75 Å². The van der Waals surface area contributed by atoms with Gasteiger partial charge in [0, 0.05) is 16.1 Å². The molecule has 0 fully saturated rings. The van der Waals surface area contributed by atoms with Crippen LogP contribution in [0.1, 0.15) is 11.1 Å². The molecule has 0 unspecified atom stereocenters. The molecule has 20 heavy (non-hydrogen) atoms. The van der Waals surface area contributed by atoms with Crippen molar-refractivity contribution in [3.8, 4) is 17.6 Å². The second-order valence-electron chi connectivity index (χ2n) is 3.98. The zero-order valence-corrected chi connectivity index (χ0v) is 12.0. The molecule has 0 radical (unpaired) electrons. The van der Waals surface area contributed by atoms with Gasteiger partial charge in [0.05, 0.1) is 5.88 Å². The third kappa shape index (κ3) is 4.16. The van der Waals surface area contributed by atoms with E-state index in [2.05, 4.69) is 11.8 Å². The van der Waals surface area contributed by atoms with E-state index in [0.717, 1.165) is 5.56 Å². The van der Waals surface area contributed by atoms with Gasteiger partial charge < -0.3 is 4.74 Å². The lowest BCUT2D eigenvalue weighted by Gasteiger charge is -2.07. The normalized spacial score (nSPS) is 9.75. The largest absolute Gasteiger partial charge is 0.489 e. The first-order chi connectivity index (χ1) is 9.69. The van der Waals surface area contributed by atoms with E-state index >= 15 is 0 Å². The van der Waals surface area contributed by atoms with Crippen LogP contribution in [0.15, 0.2) is 42.5 Å². The SMILES string of the molecule is Fc1ccc(Cl)cc1COc1ccc(C#CCCl)cc1. The first-order valence-electron chi connectivity index (χ1n) is 5.90. The van der Waals surface area contributed by atoms with Gasteiger partial charge in [-0.3, -0.25) is 0 Å². The van der Waals surface area contributed by atoms with Gasteiger partial charge in [-0.2, -0.15) is 0 Å². The zero-order chi connectivity index (χ0) is 14.4. The van der Waals surface area contributed by atoms with E-state index in [-0.39, 0.29) is 12.4 Å². The van der Waals surface area contributed by atoms with Crippen molar-refractivity contribution in [1.82, 2.24) is 0 Å². The van der Waals surface area contributed by atoms with Gasteiger partial charge in [-0.1, -0.05) is 23.4 Å². The Labute approximate surface area is 127 Å². The van der Waals surface area contributed by atoms with E-state index in [1.807, 2.05) is 12.1 Å². The van der Waals surface area contributed by atoms with Crippen LogP contribution < -0.4 is 4.74 Å². The van der Waals surface area contributed by atoms with Crippen LogP contribution >= 0.6 is 23.2 Å². The first kappa shape index (κ1) is 14.7. The van der Waals surface area contributed by atoms with Crippen molar-refractivity contribution in [1.29, 1.82) is 0 Å². The fraction of sp³-hybridized carbons (Fsp3) is 0.125. The summed E-state index contributed by atoms with van der Waals surface area (Å²) < 4.78 is 19.0. The lowest BCUT2D eigenvalue weighted by molar-refractivity contribution is 0.300. The smallest absolute Gasteiger partial charge is 0.129 e. The maximum absolute atomic E-state index is 13.5. The fourth-order valence-electron chi connectivity index (χ4n) is 1.58. The van der Waals surface area contributed by atoms with Crippen LogP contribution in [0.3, 0.4) is 0 Å². The summed E-state index contributed by atoms with van der Waals surface area (Å²) in [5.74, 6) is 6.27. The van der Waals surface area contributed by atoms with E-state index < -0.39 is 0 Å². The Morgan fingerprint density at radius 1 is 1.10 bits per heavy atom. The van der Waals surface area contributed by atoms with Crippen molar-refractivity contribution in [3.05, 3.63) is 64.4 Å². The van der Waals surface area contributed by atoms with Crippen LogP contribution in [-0.4, -0.2) is 5.88 Å². The number of ether oxygens (including phenoxy) is 1. The van der Waals surface area contributed by atoms with Crippen molar-refractivity contribution < 1.29 is 9.13 Å². The van der Waals surface area contributed by atoms with E-state index in [4.69, 9.17) is 27.9 Å². The number of benzene rings is 2. The Morgan fingerprint density at radius 2 is 1.85 bits per heavy atom. The van der Waals surface area contributed by atoms with E-state index in [1.54, 1.807) is 18.2 Å². The molecule has 2 rings (SSSR count). The summed E-state index contributed by atoms with van der Waals surface area (Å²) in [6.45, 7) is 0.124. The fourth-order valence-corrected chi connectivity index (χ4v) is 1.85. The van der Waals surface area contributed by atoms with E-state index in [9.17, 15) is 4.39 Å². The molecule has 0 aromatic heterocycles. The minimum atomic E-state index is -0.334. The number of alkyl halides is 1. The zero-order valence-electron chi connectivity index (χ0n) is 10.5. The minimum absolute atomic E-state index is 0.124. The molecule has 2 aromatic rings. The summed E-state index contributed by atoms with van der Waals surface area (Å²) >= 11 is 11.3. The maximum Gasteiger partial charge on any atom is 0.129 e. The lowest BCUT2D eigenvalue weighted by atomic mass is 10.2. The average Bonchev–Trinajstić information content (AvgIpc) is 2.47. The van der Waals surface area contributed by atoms with Gasteiger partial charge in [0.25, 0.3) is 0 Å². The van der Waals surface area contributed by atoms with Gasteiger partial charge in [-0.15, -0.1) is 11.6 Å². The third-order valence-electron chi connectivity index (χ3n) is 2.56. The summed E-state index contributed by atoms with van der Waals surface area (Å²) in [4.78, 5) is 0. The Hall–Kier alpha value is -1.69. The molecule has 0 bridgehead atoms. The minimum Gasteiger partial charge on any atom is -0.489 e. The van der Waals surface area contributed by atoms with Gasteiger partial charge in [0.15, 0.2) is 0 Å². The third-order valence-corrected chi connectivity index (χ3v) is 2.92. The molecule has 0 spiro atoms. The summed E-state index contributed by atoms with van der Waals surface area (Å²) in [6.07, 6.45) is 0. The van der Waals surface area contributed by atoms with Crippen molar-refractivity contribution in [2.45, 2.75) is 6.61 Å². The summed E-state index contributed by atoms with van der Waals surface area (Å²) in [5.41, 5.74) is 1.27. The van der Waals surface area contributed by atoms with Crippen LogP contribution in [0.4, 0.5) is 4.39 Å². The molecule has 0 aliphatic carbocycles. The predicted octanol–water partition coefficient (Wildman–Crippen LogP) is 4.65. The van der Waals surface area contributed by atoms with E-state index in [1.165, 1.54) is 12.1 Å². The molecule has 0 atom stereocenters. The number of hydrogen-bond acceptors (Lipinski definition) is 1. The van der Waals surface area contributed by atoms with Crippen molar-refractivity contribution in [2.75, 3.05) is 5.88 Å². The van der Waals surface area contributed by atoms with Crippen LogP contribution in [-0.2, 0) is 6.61 Å². The molecule has 0 saturated heterocycles. The topological polar surface area (TPSA) is 9.23 Å². The summed E-state index contributed by atoms with van der Waals surface area (Å²) in [7, 11) is 0. The maximum atomic E-state index is 13.5. The first-order valence-corrected chi connectivity index (χ1v) is 6.82. The van der Waals surface area contributed by atoms with Crippen molar-refractivity contribution >= 4 is 23.2 Å². The molecule has 0 heterocycles. The molecular weight excluding hydrogens is 298 g/mol. The molecule has 4 heteroatoms. The predicted molar refractivity (Wildman–Crippen MR) is 79.8 cm³/mol. The summed E-state index contributed by atoms with van der Waals surface area (Å²) in [5, 5.41) is 0.483. The second-order valence-corrected chi connectivity index (χ2v) is 4.69. The number of halogens is 3. The highest BCUT2D eigenvalue weighted by Crippen LogP contribution is 2.18. The van der Waals surface area contributed by atoms with Gasteiger partial charge in [-0.25, -0.2) is 4.39 Å². The highest BCUT2D eigenvalue weighted by molar-refractivity contribution is 6.30. The number of hydrogen-bond donors (Lipinski definition) is 0.